The topological polar surface area (TPSA) is 0 Å². The van der Waals surface area contributed by atoms with E-state index in [-0.39, 0.29) is 0 Å². The van der Waals surface area contributed by atoms with Crippen LogP contribution in [0.1, 0.15) is 16.7 Å². The summed E-state index contributed by atoms with van der Waals surface area (Å²) in [6.07, 6.45) is 0. The highest BCUT2D eigenvalue weighted by Gasteiger charge is 1.92. The first kappa shape index (κ1) is 6.34. The molecule has 1 radical (unpaired) electrons. The third-order valence-corrected chi connectivity index (χ3v) is 1.79. The first-order valence-electron chi connectivity index (χ1n) is 3.16. The van der Waals surface area contributed by atoms with Crippen LogP contribution in [0.2, 0.25) is 0 Å². The molecule has 0 nitrogen and oxygen atoms in total. The Morgan fingerprint density at radius 1 is 1.22 bits per heavy atom. The molecular formula is C9H11. The van der Waals surface area contributed by atoms with Crippen LogP contribution in [0.25, 0.3) is 0 Å². The van der Waals surface area contributed by atoms with Crippen molar-refractivity contribution < 1.29 is 0 Å². The molecule has 0 fully saturated rings. The fourth-order valence-corrected chi connectivity index (χ4v) is 0.821. The largest absolute Gasteiger partial charge is 0.0584 e. The lowest BCUT2D eigenvalue weighted by Gasteiger charge is -2.00. The Morgan fingerprint density at radius 2 is 1.89 bits per heavy atom. The molecule has 0 amide bonds. The standard InChI is InChI=1S/C9H11/c1-7-5-4-6-8(2)9(7)3/h4-5H,1-3H3. The fourth-order valence-electron chi connectivity index (χ4n) is 0.821. The number of rotatable bonds is 0. The van der Waals surface area contributed by atoms with E-state index < -0.39 is 0 Å². The van der Waals surface area contributed by atoms with Crippen LogP contribution in [-0.4, -0.2) is 0 Å². The van der Waals surface area contributed by atoms with E-state index >= 15 is 0 Å². The summed E-state index contributed by atoms with van der Waals surface area (Å²) in [5.74, 6) is 0. The van der Waals surface area contributed by atoms with E-state index in [9.17, 15) is 0 Å². The van der Waals surface area contributed by atoms with E-state index in [4.69, 9.17) is 0 Å². The predicted molar refractivity (Wildman–Crippen MR) is 39.5 cm³/mol. The summed E-state index contributed by atoms with van der Waals surface area (Å²) in [6, 6.07) is 7.20. The highest BCUT2D eigenvalue weighted by molar-refractivity contribution is 5.30. The van der Waals surface area contributed by atoms with Crippen molar-refractivity contribution in [1.82, 2.24) is 0 Å². The maximum absolute atomic E-state index is 3.14. The zero-order valence-electron chi connectivity index (χ0n) is 6.15. The van der Waals surface area contributed by atoms with Crippen molar-refractivity contribution in [3.05, 3.63) is 34.9 Å². The van der Waals surface area contributed by atoms with Crippen LogP contribution in [-0.2, 0) is 0 Å². The average molecular weight is 119 g/mol. The molecule has 0 saturated carbocycles. The Morgan fingerprint density at radius 3 is 2.33 bits per heavy atom. The molecule has 0 aliphatic rings. The highest BCUT2D eigenvalue weighted by atomic mass is 14.0. The second-order valence-corrected chi connectivity index (χ2v) is 2.41. The van der Waals surface area contributed by atoms with E-state index in [0.717, 1.165) is 0 Å². The van der Waals surface area contributed by atoms with Gasteiger partial charge in [0.1, 0.15) is 0 Å². The molecule has 9 heavy (non-hydrogen) atoms. The van der Waals surface area contributed by atoms with Crippen LogP contribution >= 0.6 is 0 Å². The number of hydrogen-bond acceptors (Lipinski definition) is 0. The van der Waals surface area contributed by atoms with Gasteiger partial charge in [0.15, 0.2) is 0 Å². The van der Waals surface area contributed by atoms with Crippen molar-refractivity contribution >= 4 is 0 Å². The number of aryl methyl sites for hydroxylation is 2. The van der Waals surface area contributed by atoms with Gasteiger partial charge in [-0.3, -0.25) is 0 Å². The lowest BCUT2D eigenvalue weighted by molar-refractivity contribution is 1.26. The molecule has 0 aliphatic carbocycles. The molecule has 47 valence electrons. The normalized spacial score (nSPS) is 9.67. The molecule has 1 rings (SSSR count). The summed E-state index contributed by atoms with van der Waals surface area (Å²) in [6.45, 7) is 6.33. The molecule has 0 heteroatoms. The lowest BCUT2D eigenvalue weighted by Crippen LogP contribution is -1.83. The molecule has 0 unspecified atom stereocenters. The minimum atomic E-state index is 1.26. The van der Waals surface area contributed by atoms with E-state index in [1.165, 1.54) is 16.7 Å². The molecule has 0 atom stereocenters. The van der Waals surface area contributed by atoms with Gasteiger partial charge in [0.05, 0.1) is 0 Å². The van der Waals surface area contributed by atoms with Crippen LogP contribution in [0.15, 0.2) is 12.1 Å². The van der Waals surface area contributed by atoms with Gasteiger partial charge in [0, 0.05) is 0 Å². The van der Waals surface area contributed by atoms with Gasteiger partial charge in [-0.05, 0) is 43.5 Å². The number of hydrogen-bond donors (Lipinski definition) is 0. The first-order chi connectivity index (χ1) is 4.22. The quantitative estimate of drug-likeness (QED) is 0.492. The van der Waals surface area contributed by atoms with Crippen molar-refractivity contribution in [2.75, 3.05) is 0 Å². The van der Waals surface area contributed by atoms with Crippen LogP contribution in [0, 0.1) is 26.8 Å². The Labute approximate surface area is 56.5 Å². The minimum absolute atomic E-state index is 1.26. The van der Waals surface area contributed by atoms with Crippen LogP contribution < -0.4 is 0 Å². The molecule has 1 aromatic rings. The maximum atomic E-state index is 3.14. The number of benzene rings is 1. The van der Waals surface area contributed by atoms with E-state index in [2.05, 4.69) is 32.9 Å². The molecule has 0 bridgehead atoms. The summed E-state index contributed by atoms with van der Waals surface area (Å²) in [7, 11) is 0. The van der Waals surface area contributed by atoms with Gasteiger partial charge in [-0.25, -0.2) is 0 Å². The van der Waals surface area contributed by atoms with Crippen molar-refractivity contribution in [3.8, 4) is 0 Å². The van der Waals surface area contributed by atoms with Crippen molar-refractivity contribution in [2.24, 2.45) is 0 Å². The van der Waals surface area contributed by atoms with Gasteiger partial charge >= 0.3 is 0 Å². The Balaban J connectivity index is 3.25. The third kappa shape index (κ3) is 1.13. The average Bonchev–Trinajstić information content (AvgIpc) is 1.83. The molecule has 0 aliphatic heterocycles. The molecule has 0 saturated heterocycles. The van der Waals surface area contributed by atoms with Crippen LogP contribution in [0.4, 0.5) is 0 Å². The zero-order chi connectivity index (χ0) is 6.85. The second kappa shape index (κ2) is 2.22. The SMILES string of the molecule is Cc1[c]ccc(C)c1C. The highest BCUT2D eigenvalue weighted by Crippen LogP contribution is 2.09. The Bertz CT molecular complexity index is 191. The van der Waals surface area contributed by atoms with E-state index in [1.54, 1.807) is 0 Å². The van der Waals surface area contributed by atoms with Crippen molar-refractivity contribution in [2.45, 2.75) is 20.8 Å². The maximum Gasteiger partial charge on any atom is -0.0149 e. The van der Waals surface area contributed by atoms with Crippen molar-refractivity contribution in [1.29, 1.82) is 0 Å². The van der Waals surface area contributed by atoms with Crippen LogP contribution in [0.3, 0.4) is 0 Å². The van der Waals surface area contributed by atoms with Crippen molar-refractivity contribution in [3.63, 3.8) is 0 Å². The van der Waals surface area contributed by atoms with Gasteiger partial charge in [0.2, 0.25) is 0 Å². The van der Waals surface area contributed by atoms with Gasteiger partial charge in [0.25, 0.3) is 0 Å². The molecule has 0 spiro atoms. The van der Waals surface area contributed by atoms with E-state index in [1.807, 2.05) is 6.07 Å². The van der Waals surface area contributed by atoms with Crippen LogP contribution in [0.5, 0.6) is 0 Å². The fraction of sp³-hybridized carbons (Fsp3) is 0.333. The van der Waals surface area contributed by atoms with Gasteiger partial charge in [-0.15, -0.1) is 0 Å². The predicted octanol–water partition coefficient (Wildman–Crippen LogP) is 2.41. The summed E-state index contributed by atoms with van der Waals surface area (Å²) < 4.78 is 0. The molecular weight excluding hydrogens is 108 g/mol. The summed E-state index contributed by atoms with van der Waals surface area (Å²) in [5.41, 5.74) is 3.97. The zero-order valence-corrected chi connectivity index (χ0v) is 6.15. The molecule has 0 heterocycles. The summed E-state index contributed by atoms with van der Waals surface area (Å²) in [4.78, 5) is 0. The Hall–Kier alpha value is -0.780. The third-order valence-electron chi connectivity index (χ3n) is 1.79. The Kier molecular flexibility index (Phi) is 1.56. The molecule has 0 aromatic heterocycles. The first-order valence-corrected chi connectivity index (χ1v) is 3.16. The van der Waals surface area contributed by atoms with Gasteiger partial charge < -0.3 is 0 Å². The molecule has 0 N–H and O–H groups in total. The van der Waals surface area contributed by atoms with Gasteiger partial charge in [-0.2, -0.15) is 0 Å². The minimum Gasteiger partial charge on any atom is -0.0584 e. The van der Waals surface area contributed by atoms with E-state index in [0.29, 0.717) is 0 Å². The smallest absolute Gasteiger partial charge is 0.0149 e. The second-order valence-electron chi connectivity index (χ2n) is 2.41. The molecule has 1 aromatic carbocycles. The summed E-state index contributed by atoms with van der Waals surface area (Å²) in [5, 5.41) is 0. The monoisotopic (exact) mass is 119 g/mol. The summed E-state index contributed by atoms with van der Waals surface area (Å²) >= 11 is 0. The van der Waals surface area contributed by atoms with Gasteiger partial charge in [-0.1, -0.05) is 12.1 Å². The lowest BCUT2D eigenvalue weighted by atomic mass is 10.1.